The van der Waals surface area contributed by atoms with Crippen LogP contribution < -0.4 is 0 Å². The van der Waals surface area contributed by atoms with E-state index >= 15 is 0 Å². The first-order valence-electron chi connectivity index (χ1n) is 5.54. The topological polar surface area (TPSA) is 37.3 Å². The van der Waals surface area contributed by atoms with Crippen molar-refractivity contribution in [2.75, 3.05) is 0 Å². The zero-order chi connectivity index (χ0) is 10.7. The van der Waals surface area contributed by atoms with Crippen LogP contribution >= 0.6 is 0 Å². The van der Waals surface area contributed by atoms with Crippen LogP contribution in [0.5, 0.6) is 5.75 Å². The predicted molar refractivity (Wildman–Crippen MR) is 58.9 cm³/mol. The first kappa shape index (κ1) is 10.2. The molecule has 2 nitrogen and oxygen atoms in total. The highest BCUT2D eigenvalue weighted by molar-refractivity contribution is 5.53. The molecular formula is C13H16O2. The summed E-state index contributed by atoms with van der Waals surface area (Å²) >= 11 is 0. The molecule has 0 heterocycles. The highest BCUT2D eigenvalue weighted by atomic mass is 16.3. The van der Waals surface area contributed by atoms with Crippen LogP contribution in [-0.4, -0.2) is 11.4 Å². The van der Waals surface area contributed by atoms with Gasteiger partial charge in [-0.25, -0.2) is 0 Å². The summed E-state index contributed by atoms with van der Waals surface area (Å²) in [6.45, 7) is 0. The van der Waals surface area contributed by atoms with Gasteiger partial charge in [-0.2, -0.15) is 0 Å². The molecular weight excluding hydrogens is 188 g/mol. The van der Waals surface area contributed by atoms with E-state index in [0.717, 1.165) is 11.8 Å². The van der Waals surface area contributed by atoms with E-state index in [0.29, 0.717) is 18.1 Å². The van der Waals surface area contributed by atoms with Crippen LogP contribution in [0.3, 0.4) is 0 Å². The first-order chi connectivity index (χ1) is 7.33. The standard InChI is InChI=1S/C13H16O2/c14-9-8-11(10-4-3-5-10)12-6-1-2-7-13(12)15/h1-2,6-7,9-11,15H,3-5,8H2. The van der Waals surface area contributed by atoms with Crippen molar-refractivity contribution in [2.45, 2.75) is 31.6 Å². The molecule has 1 fully saturated rings. The minimum atomic E-state index is 0.220. The minimum Gasteiger partial charge on any atom is -0.508 e. The monoisotopic (exact) mass is 204 g/mol. The number of carbonyl (C=O) groups is 1. The quantitative estimate of drug-likeness (QED) is 0.766. The van der Waals surface area contributed by atoms with Crippen LogP contribution in [-0.2, 0) is 4.79 Å². The van der Waals surface area contributed by atoms with Crippen LogP contribution in [0.4, 0.5) is 0 Å². The Labute approximate surface area is 89.9 Å². The number of carbonyl (C=O) groups excluding carboxylic acids is 1. The van der Waals surface area contributed by atoms with Gasteiger partial charge in [0.2, 0.25) is 0 Å². The first-order valence-corrected chi connectivity index (χ1v) is 5.54. The summed E-state index contributed by atoms with van der Waals surface area (Å²) in [5.74, 6) is 1.14. The highest BCUT2D eigenvalue weighted by Crippen LogP contribution is 2.43. The zero-order valence-electron chi connectivity index (χ0n) is 8.73. The van der Waals surface area contributed by atoms with E-state index in [1.54, 1.807) is 6.07 Å². The molecule has 0 aliphatic heterocycles. The Kier molecular flexibility index (Phi) is 3.05. The number of aldehydes is 1. The Morgan fingerprint density at radius 2 is 2.13 bits per heavy atom. The molecule has 1 unspecified atom stereocenters. The summed E-state index contributed by atoms with van der Waals surface area (Å²) in [4.78, 5) is 10.7. The third-order valence-electron chi connectivity index (χ3n) is 3.41. The number of phenolic OH excluding ortho intramolecular Hbond substituents is 1. The van der Waals surface area contributed by atoms with Crippen molar-refractivity contribution >= 4 is 6.29 Å². The maximum atomic E-state index is 10.7. The van der Waals surface area contributed by atoms with Crippen molar-refractivity contribution in [3.05, 3.63) is 29.8 Å². The van der Waals surface area contributed by atoms with E-state index in [1.165, 1.54) is 19.3 Å². The second kappa shape index (κ2) is 4.47. The van der Waals surface area contributed by atoms with Gasteiger partial charge in [-0.15, -0.1) is 0 Å². The average molecular weight is 204 g/mol. The Bertz CT molecular complexity index is 342. The van der Waals surface area contributed by atoms with Crippen molar-refractivity contribution in [2.24, 2.45) is 5.92 Å². The number of rotatable bonds is 4. The molecule has 1 N–H and O–H groups in total. The molecule has 1 saturated carbocycles. The molecule has 0 aromatic heterocycles. The Morgan fingerprint density at radius 1 is 1.40 bits per heavy atom. The van der Waals surface area contributed by atoms with E-state index in [2.05, 4.69) is 0 Å². The molecule has 1 atom stereocenters. The molecule has 2 heteroatoms. The van der Waals surface area contributed by atoms with Gasteiger partial charge in [-0.3, -0.25) is 0 Å². The van der Waals surface area contributed by atoms with Gasteiger partial charge in [0.15, 0.2) is 0 Å². The number of aromatic hydroxyl groups is 1. The molecule has 80 valence electrons. The fourth-order valence-electron chi connectivity index (χ4n) is 2.32. The molecule has 15 heavy (non-hydrogen) atoms. The maximum absolute atomic E-state index is 10.7. The lowest BCUT2D eigenvalue weighted by Gasteiger charge is -2.33. The molecule has 1 aliphatic rings. The van der Waals surface area contributed by atoms with Gasteiger partial charge in [0.05, 0.1) is 0 Å². The SMILES string of the molecule is O=CCC(c1ccccc1O)C1CCC1. The van der Waals surface area contributed by atoms with Gasteiger partial charge < -0.3 is 9.90 Å². The smallest absolute Gasteiger partial charge is 0.120 e. The van der Waals surface area contributed by atoms with Gasteiger partial charge in [0.1, 0.15) is 12.0 Å². The van der Waals surface area contributed by atoms with Gasteiger partial charge in [-0.05, 0) is 36.3 Å². The summed E-state index contributed by atoms with van der Waals surface area (Å²) in [6, 6.07) is 7.37. The third kappa shape index (κ3) is 2.04. The largest absolute Gasteiger partial charge is 0.508 e. The highest BCUT2D eigenvalue weighted by Gasteiger charge is 2.29. The molecule has 0 saturated heterocycles. The van der Waals surface area contributed by atoms with Crippen LogP contribution in [0.15, 0.2) is 24.3 Å². The molecule has 1 aromatic rings. The lowest BCUT2D eigenvalue weighted by Crippen LogP contribution is -2.20. The summed E-state index contributed by atoms with van der Waals surface area (Å²) in [6.07, 6.45) is 5.13. The third-order valence-corrected chi connectivity index (χ3v) is 3.41. The van der Waals surface area contributed by atoms with Gasteiger partial charge in [0.25, 0.3) is 0 Å². The second-order valence-electron chi connectivity index (χ2n) is 4.26. The van der Waals surface area contributed by atoms with Gasteiger partial charge >= 0.3 is 0 Å². The fourth-order valence-corrected chi connectivity index (χ4v) is 2.32. The molecule has 0 amide bonds. The molecule has 1 aromatic carbocycles. The normalized spacial score (nSPS) is 18.1. The minimum absolute atomic E-state index is 0.220. The molecule has 0 spiro atoms. The Morgan fingerprint density at radius 3 is 2.67 bits per heavy atom. The van der Waals surface area contributed by atoms with Crippen LogP contribution in [0.25, 0.3) is 0 Å². The molecule has 2 rings (SSSR count). The second-order valence-corrected chi connectivity index (χ2v) is 4.26. The average Bonchev–Trinajstić information content (AvgIpc) is 2.15. The van der Waals surface area contributed by atoms with Gasteiger partial charge in [0, 0.05) is 6.42 Å². The number of hydrogen-bond donors (Lipinski definition) is 1. The molecule has 0 radical (unpaired) electrons. The van der Waals surface area contributed by atoms with Crippen LogP contribution in [0, 0.1) is 5.92 Å². The summed E-state index contributed by atoms with van der Waals surface area (Å²) in [5.41, 5.74) is 0.939. The Hall–Kier alpha value is -1.31. The lowest BCUT2D eigenvalue weighted by atomic mass is 9.72. The van der Waals surface area contributed by atoms with Crippen molar-refractivity contribution < 1.29 is 9.90 Å². The van der Waals surface area contributed by atoms with Crippen molar-refractivity contribution in [1.82, 2.24) is 0 Å². The van der Waals surface area contributed by atoms with E-state index in [1.807, 2.05) is 18.2 Å². The Balaban J connectivity index is 2.23. The van der Waals surface area contributed by atoms with E-state index < -0.39 is 0 Å². The summed E-state index contributed by atoms with van der Waals surface area (Å²) in [5, 5.41) is 9.76. The molecule has 1 aliphatic carbocycles. The maximum Gasteiger partial charge on any atom is 0.120 e. The summed E-state index contributed by atoms with van der Waals surface area (Å²) in [7, 11) is 0. The lowest BCUT2D eigenvalue weighted by molar-refractivity contribution is -0.108. The van der Waals surface area contributed by atoms with Crippen molar-refractivity contribution in [3.8, 4) is 5.75 Å². The van der Waals surface area contributed by atoms with Crippen molar-refractivity contribution in [3.63, 3.8) is 0 Å². The number of benzene rings is 1. The number of phenols is 1. The van der Waals surface area contributed by atoms with Crippen LogP contribution in [0.2, 0.25) is 0 Å². The van der Waals surface area contributed by atoms with Gasteiger partial charge in [-0.1, -0.05) is 24.6 Å². The summed E-state index contributed by atoms with van der Waals surface area (Å²) < 4.78 is 0. The fraction of sp³-hybridized carbons (Fsp3) is 0.462. The van der Waals surface area contributed by atoms with Crippen LogP contribution in [0.1, 0.15) is 37.2 Å². The molecule has 0 bridgehead atoms. The van der Waals surface area contributed by atoms with Crippen molar-refractivity contribution in [1.29, 1.82) is 0 Å². The number of hydrogen-bond acceptors (Lipinski definition) is 2. The number of para-hydroxylation sites is 1. The zero-order valence-corrected chi connectivity index (χ0v) is 8.73. The van der Waals surface area contributed by atoms with E-state index in [-0.39, 0.29) is 5.92 Å². The van der Waals surface area contributed by atoms with E-state index in [4.69, 9.17) is 0 Å². The van der Waals surface area contributed by atoms with E-state index in [9.17, 15) is 9.90 Å². The predicted octanol–water partition coefficient (Wildman–Crippen LogP) is 2.86.